The standard InChI is InChI=1S/C22H24OS2/c23-22(25-21-14-8-3-9-15-21)19(16-18-10-4-1-5-11-18)17-24-20-12-6-2-7-13-20/h2-3,6-9,12-15,17-18H,1,4-5,10-11,16H2/b19-17-. The number of thioether (sulfide) groups is 2. The lowest BCUT2D eigenvalue weighted by atomic mass is 9.85. The summed E-state index contributed by atoms with van der Waals surface area (Å²) < 4.78 is 0. The second-order valence-electron chi connectivity index (χ2n) is 6.48. The van der Waals surface area contributed by atoms with E-state index in [0.717, 1.165) is 16.9 Å². The Balaban J connectivity index is 1.71. The first kappa shape index (κ1) is 18.3. The van der Waals surface area contributed by atoms with Crippen molar-refractivity contribution in [2.75, 3.05) is 0 Å². The summed E-state index contributed by atoms with van der Waals surface area (Å²) >= 11 is 3.01. The molecule has 130 valence electrons. The molecule has 0 bridgehead atoms. The van der Waals surface area contributed by atoms with Crippen LogP contribution in [0.3, 0.4) is 0 Å². The van der Waals surface area contributed by atoms with Crippen molar-refractivity contribution in [1.82, 2.24) is 0 Å². The highest BCUT2D eigenvalue weighted by atomic mass is 32.2. The van der Waals surface area contributed by atoms with Crippen molar-refractivity contribution in [3.05, 3.63) is 71.6 Å². The summed E-state index contributed by atoms with van der Waals surface area (Å²) in [4.78, 5) is 15.1. The summed E-state index contributed by atoms with van der Waals surface area (Å²) in [5, 5.41) is 2.28. The van der Waals surface area contributed by atoms with Crippen LogP contribution in [-0.4, -0.2) is 5.12 Å². The fourth-order valence-corrected chi connectivity index (χ4v) is 4.83. The van der Waals surface area contributed by atoms with E-state index >= 15 is 0 Å². The number of hydrogen-bond acceptors (Lipinski definition) is 3. The average molecular weight is 369 g/mol. The largest absolute Gasteiger partial charge is 0.282 e. The van der Waals surface area contributed by atoms with Crippen LogP contribution in [0.4, 0.5) is 0 Å². The first-order chi connectivity index (χ1) is 12.3. The molecule has 3 rings (SSSR count). The molecule has 0 amide bonds. The third-order valence-corrected chi connectivity index (χ3v) is 6.43. The normalized spacial score (nSPS) is 15.9. The van der Waals surface area contributed by atoms with Gasteiger partial charge >= 0.3 is 0 Å². The lowest BCUT2D eigenvalue weighted by Crippen LogP contribution is -2.10. The van der Waals surface area contributed by atoms with Crippen LogP contribution in [0, 0.1) is 5.92 Å². The van der Waals surface area contributed by atoms with E-state index in [2.05, 4.69) is 17.5 Å². The van der Waals surface area contributed by atoms with Gasteiger partial charge in [0.05, 0.1) is 0 Å². The number of carbonyl (C=O) groups excluding carboxylic acids is 1. The molecule has 1 nitrogen and oxygen atoms in total. The maximum Gasteiger partial charge on any atom is 0.220 e. The lowest BCUT2D eigenvalue weighted by molar-refractivity contribution is -0.108. The van der Waals surface area contributed by atoms with Crippen molar-refractivity contribution in [2.45, 2.75) is 48.3 Å². The minimum absolute atomic E-state index is 0.195. The summed E-state index contributed by atoms with van der Waals surface area (Å²) in [6.07, 6.45) is 7.40. The minimum atomic E-state index is 0.195. The third-order valence-electron chi connectivity index (χ3n) is 4.53. The van der Waals surface area contributed by atoms with Crippen molar-refractivity contribution < 1.29 is 4.79 Å². The van der Waals surface area contributed by atoms with Gasteiger partial charge in [-0.2, -0.15) is 0 Å². The summed E-state index contributed by atoms with van der Waals surface area (Å²) in [5.74, 6) is 0.664. The van der Waals surface area contributed by atoms with Gasteiger partial charge in [0, 0.05) is 15.4 Å². The molecule has 0 atom stereocenters. The summed E-state index contributed by atoms with van der Waals surface area (Å²) in [6.45, 7) is 0. The van der Waals surface area contributed by atoms with Crippen LogP contribution < -0.4 is 0 Å². The molecular weight excluding hydrogens is 344 g/mol. The highest BCUT2D eigenvalue weighted by Crippen LogP contribution is 2.34. The molecule has 2 aromatic carbocycles. The van der Waals surface area contributed by atoms with Crippen LogP contribution in [-0.2, 0) is 4.79 Å². The van der Waals surface area contributed by atoms with Gasteiger partial charge in [-0.15, -0.1) is 0 Å². The second kappa shape index (κ2) is 9.88. The maximum atomic E-state index is 12.9. The Kier molecular flexibility index (Phi) is 7.25. The first-order valence-electron chi connectivity index (χ1n) is 8.99. The molecule has 3 heteroatoms. The van der Waals surface area contributed by atoms with Gasteiger partial charge in [0.1, 0.15) is 0 Å². The summed E-state index contributed by atoms with van der Waals surface area (Å²) in [5.41, 5.74) is 0.967. The third kappa shape index (κ3) is 6.09. The van der Waals surface area contributed by atoms with Gasteiger partial charge in [-0.3, -0.25) is 4.79 Å². The lowest BCUT2D eigenvalue weighted by Gasteiger charge is -2.22. The Bertz CT molecular complexity index is 688. The molecule has 0 N–H and O–H groups in total. The zero-order chi connectivity index (χ0) is 17.3. The van der Waals surface area contributed by atoms with E-state index in [1.165, 1.54) is 48.8 Å². The number of hydrogen-bond donors (Lipinski definition) is 0. The van der Waals surface area contributed by atoms with Gasteiger partial charge in [-0.05, 0) is 53.8 Å². The van der Waals surface area contributed by atoms with Crippen molar-refractivity contribution in [3.63, 3.8) is 0 Å². The Hall–Kier alpha value is -1.45. The number of carbonyl (C=O) groups is 1. The van der Waals surface area contributed by atoms with Gasteiger partial charge in [0.25, 0.3) is 0 Å². The fourth-order valence-electron chi connectivity index (χ4n) is 3.18. The summed E-state index contributed by atoms with van der Waals surface area (Å²) in [7, 11) is 0. The van der Waals surface area contributed by atoms with E-state index in [1.54, 1.807) is 11.8 Å². The second-order valence-corrected chi connectivity index (χ2v) is 8.47. The SMILES string of the molecule is O=C(Sc1ccccc1)/C(=C\Sc1ccccc1)CC1CCCCC1. The quantitative estimate of drug-likeness (QED) is 0.405. The molecule has 1 aliphatic rings. The van der Waals surface area contributed by atoms with E-state index in [-0.39, 0.29) is 5.12 Å². The molecular formula is C22H24OS2. The Labute approximate surface area is 159 Å². The molecule has 1 fully saturated rings. The van der Waals surface area contributed by atoms with Crippen LogP contribution in [0.2, 0.25) is 0 Å². The molecule has 0 unspecified atom stereocenters. The van der Waals surface area contributed by atoms with E-state index in [1.807, 2.05) is 48.5 Å². The predicted octanol–water partition coefficient (Wildman–Crippen LogP) is 6.95. The topological polar surface area (TPSA) is 17.1 Å². The van der Waals surface area contributed by atoms with E-state index < -0.39 is 0 Å². The molecule has 25 heavy (non-hydrogen) atoms. The van der Waals surface area contributed by atoms with Gasteiger partial charge < -0.3 is 0 Å². The highest BCUT2D eigenvalue weighted by Gasteiger charge is 2.19. The molecule has 0 heterocycles. The van der Waals surface area contributed by atoms with Crippen LogP contribution in [0.15, 0.2) is 81.4 Å². The van der Waals surface area contributed by atoms with Crippen LogP contribution in [0.5, 0.6) is 0 Å². The van der Waals surface area contributed by atoms with Gasteiger partial charge in [-0.1, -0.05) is 80.3 Å². The average Bonchev–Trinajstić information content (AvgIpc) is 2.67. The predicted molar refractivity (Wildman–Crippen MR) is 109 cm³/mol. The minimum Gasteiger partial charge on any atom is -0.282 e. The number of benzene rings is 2. The van der Waals surface area contributed by atoms with Gasteiger partial charge in [-0.25, -0.2) is 0 Å². The summed E-state index contributed by atoms with van der Waals surface area (Å²) in [6, 6.07) is 20.2. The van der Waals surface area contributed by atoms with Crippen LogP contribution in [0.25, 0.3) is 0 Å². The van der Waals surface area contributed by atoms with Crippen molar-refractivity contribution in [3.8, 4) is 0 Å². The zero-order valence-corrected chi connectivity index (χ0v) is 16.0. The van der Waals surface area contributed by atoms with Crippen molar-refractivity contribution >= 4 is 28.6 Å². The Morgan fingerprint density at radius 2 is 1.48 bits per heavy atom. The molecule has 2 aromatic rings. The highest BCUT2D eigenvalue weighted by molar-refractivity contribution is 8.14. The Morgan fingerprint density at radius 1 is 0.880 bits per heavy atom. The molecule has 0 radical (unpaired) electrons. The molecule has 0 aliphatic heterocycles. The maximum absolute atomic E-state index is 12.9. The van der Waals surface area contributed by atoms with Gasteiger partial charge in [0.2, 0.25) is 5.12 Å². The van der Waals surface area contributed by atoms with Crippen LogP contribution in [0.1, 0.15) is 38.5 Å². The van der Waals surface area contributed by atoms with E-state index in [9.17, 15) is 4.79 Å². The zero-order valence-electron chi connectivity index (χ0n) is 14.4. The molecule has 0 aromatic heterocycles. The monoisotopic (exact) mass is 368 g/mol. The van der Waals surface area contributed by atoms with Crippen molar-refractivity contribution in [1.29, 1.82) is 0 Å². The fraction of sp³-hybridized carbons (Fsp3) is 0.318. The smallest absolute Gasteiger partial charge is 0.220 e. The van der Waals surface area contributed by atoms with Crippen LogP contribution >= 0.6 is 23.5 Å². The first-order valence-corrected chi connectivity index (χ1v) is 10.7. The molecule has 1 aliphatic carbocycles. The van der Waals surface area contributed by atoms with E-state index in [0.29, 0.717) is 5.92 Å². The van der Waals surface area contributed by atoms with Crippen molar-refractivity contribution in [2.24, 2.45) is 5.92 Å². The Morgan fingerprint density at radius 3 is 2.12 bits per heavy atom. The van der Waals surface area contributed by atoms with Gasteiger partial charge in [0.15, 0.2) is 0 Å². The number of rotatable bonds is 6. The molecule has 0 spiro atoms. The molecule has 1 saturated carbocycles. The molecule has 0 saturated heterocycles. The van der Waals surface area contributed by atoms with E-state index in [4.69, 9.17) is 0 Å².